The van der Waals surface area contributed by atoms with Gasteiger partial charge in [-0.05, 0) is 40.0 Å². The maximum absolute atomic E-state index is 13.1. The quantitative estimate of drug-likeness (QED) is 0.816. The van der Waals surface area contributed by atoms with Gasteiger partial charge in [0.25, 0.3) is 0 Å². The normalized spacial score (nSPS) is 19.8. The Kier molecular flexibility index (Phi) is 3.28. The first-order valence-corrected chi connectivity index (χ1v) is 6.03. The minimum atomic E-state index is -0.280. The van der Waals surface area contributed by atoms with Crippen molar-refractivity contribution in [3.8, 4) is 0 Å². The number of aliphatic imine (C=N–C) groups is 1. The molecular formula is C12H13BrFNO. The number of nitrogens with zero attached hydrogens (tertiary/aromatic N) is 1. The van der Waals surface area contributed by atoms with Crippen molar-refractivity contribution in [1.82, 2.24) is 0 Å². The summed E-state index contributed by atoms with van der Waals surface area (Å²) in [5.41, 5.74) is 0.683. The van der Waals surface area contributed by atoms with Crippen LogP contribution in [0.25, 0.3) is 0 Å². The molecule has 0 amide bonds. The summed E-state index contributed by atoms with van der Waals surface area (Å²) < 4.78 is 19.4. The highest BCUT2D eigenvalue weighted by atomic mass is 79.9. The Morgan fingerprint density at radius 3 is 2.88 bits per heavy atom. The molecule has 0 aliphatic carbocycles. The second-order valence-corrected chi connectivity index (χ2v) is 5.04. The standard InChI is InChI=1S/C12H13BrFNO/c1-7(2)11-6-16-12(15-11)9-5-8(14)3-4-10(9)13/h3-5,7,11H,6H2,1-2H3/t11-/m0/s1. The zero-order chi connectivity index (χ0) is 11.7. The summed E-state index contributed by atoms with van der Waals surface area (Å²) in [5.74, 6) is 0.687. The van der Waals surface area contributed by atoms with Crippen LogP contribution in [0.2, 0.25) is 0 Å². The van der Waals surface area contributed by atoms with Gasteiger partial charge in [0.2, 0.25) is 5.90 Å². The lowest BCUT2D eigenvalue weighted by atomic mass is 10.1. The van der Waals surface area contributed by atoms with Crippen molar-refractivity contribution < 1.29 is 9.13 Å². The molecule has 0 radical (unpaired) electrons. The molecule has 1 aromatic rings. The van der Waals surface area contributed by atoms with Crippen LogP contribution in [-0.4, -0.2) is 18.5 Å². The number of benzene rings is 1. The summed E-state index contributed by atoms with van der Waals surface area (Å²) in [7, 11) is 0. The van der Waals surface area contributed by atoms with Gasteiger partial charge in [-0.1, -0.05) is 13.8 Å². The van der Waals surface area contributed by atoms with Gasteiger partial charge < -0.3 is 4.74 Å². The van der Waals surface area contributed by atoms with Gasteiger partial charge in [-0.3, -0.25) is 0 Å². The van der Waals surface area contributed by atoms with E-state index in [1.807, 2.05) is 0 Å². The maximum Gasteiger partial charge on any atom is 0.217 e. The average Bonchev–Trinajstić information content (AvgIpc) is 2.70. The third kappa shape index (κ3) is 2.26. The van der Waals surface area contributed by atoms with Crippen LogP contribution in [0.1, 0.15) is 19.4 Å². The van der Waals surface area contributed by atoms with Gasteiger partial charge >= 0.3 is 0 Å². The van der Waals surface area contributed by atoms with E-state index in [1.54, 1.807) is 6.07 Å². The van der Waals surface area contributed by atoms with E-state index in [0.29, 0.717) is 24.0 Å². The lowest BCUT2D eigenvalue weighted by molar-refractivity contribution is 0.291. The van der Waals surface area contributed by atoms with Gasteiger partial charge in [0.1, 0.15) is 12.4 Å². The third-order valence-corrected chi connectivity index (χ3v) is 3.29. The number of rotatable bonds is 2. The Hall–Kier alpha value is -0.900. The van der Waals surface area contributed by atoms with E-state index in [9.17, 15) is 4.39 Å². The molecule has 0 aromatic heterocycles. The van der Waals surface area contributed by atoms with Gasteiger partial charge in [-0.2, -0.15) is 0 Å². The number of hydrogen-bond acceptors (Lipinski definition) is 2. The molecule has 0 spiro atoms. The topological polar surface area (TPSA) is 21.6 Å². The Bertz CT molecular complexity index is 431. The van der Waals surface area contributed by atoms with E-state index in [4.69, 9.17) is 4.74 Å². The monoisotopic (exact) mass is 285 g/mol. The second-order valence-electron chi connectivity index (χ2n) is 4.18. The molecule has 2 nitrogen and oxygen atoms in total. The number of halogens is 2. The van der Waals surface area contributed by atoms with Crippen LogP contribution in [0.3, 0.4) is 0 Å². The molecule has 0 saturated heterocycles. The van der Waals surface area contributed by atoms with Crippen molar-refractivity contribution >= 4 is 21.8 Å². The molecule has 1 heterocycles. The van der Waals surface area contributed by atoms with Crippen LogP contribution in [0.15, 0.2) is 27.7 Å². The molecule has 4 heteroatoms. The summed E-state index contributed by atoms with van der Waals surface area (Å²) >= 11 is 3.37. The highest BCUT2D eigenvalue weighted by Crippen LogP contribution is 2.23. The van der Waals surface area contributed by atoms with Crippen LogP contribution in [0.5, 0.6) is 0 Å². The van der Waals surface area contributed by atoms with Crippen LogP contribution in [-0.2, 0) is 4.74 Å². The molecular weight excluding hydrogens is 273 g/mol. The molecule has 86 valence electrons. The zero-order valence-electron chi connectivity index (χ0n) is 9.21. The van der Waals surface area contributed by atoms with Gasteiger partial charge in [-0.15, -0.1) is 0 Å². The second kappa shape index (κ2) is 4.53. The smallest absolute Gasteiger partial charge is 0.217 e. The molecule has 16 heavy (non-hydrogen) atoms. The highest BCUT2D eigenvalue weighted by molar-refractivity contribution is 9.10. The van der Waals surface area contributed by atoms with Crippen molar-refractivity contribution in [2.24, 2.45) is 10.9 Å². The average molecular weight is 286 g/mol. The summed E-state index contributed by atoms with van der Waals surface area (Å²) in [6.07, 6.45) is 0. The van der Waals surface area contributed by atoms with E-state index < -0.39 is 0 Å². The van der Waals surface area contributed by atoms with Crippen molar-refractivity contribution in [3.05, 3.63) is 34.1 Å². The van der Waals surface area contributed by atoms with E-state index in [1.165, 1.54) is 12.1 Å². The van der Waals surface area contributed by atoms with Crippen LogP contribution >= 0.6 is 15.9 Å². The largest absolute Gasteiger partial charge is 0.475 e. The summed E-state index contributed by atoms with van der Waals surface area (Å²) in [6.45, 7) is 4.78. The molecule has 1 aliphatic rings. The lowest BCUT2D eigenvalue weighted by Gasteiger charge is -2.06. The minimum absolute atomic E-state index is 0.171. The SMILES string of the molecule is CC(C)[C@@H]1COC(c2cc(F)ccc2Br)=N1. The Labute approximate surface area is 103 Å². The lowest BCUT2D eigenvalue weighted by Crippen LogP contribution is -2.13. The van der Waals surface area contributed by atoms with Crippen LogP contribution in [0.4, 0.5) is 4.39 Å². The number of ether oxygens (including phenoxy) is 1. The fourth-order valence-electron chi connectivity index (χ4n) is 1.54. The third-order valence-electron chi connectivity index (χ3n) is 2.60. The predicted molar refractivity (Wildman–Crippen MR) is 65.2 cm³/mol. The van der Waals surface area contributed by atoms with Crippen molar-refractivity contribution in [1.29, 1.82) is 0 Å². The predicted octanol–water partition coefficient (Wildman–Crippen LogP) is 3.39. The first-order valence-electron chi connectivity index (χ1n) is 5.24. The van der Waals surface area contributed by atoms with Crippen molar-refractivity contribution in [2.45, 2.75) is 19.9 Å². The maximum atomic E-state index is 13.1. The van der Waals surface area contributed by atoms with Gasteiger partial charge in [0.15, 0.2) is 0 Å². The molecule has 2 rings (SSSR count). The molecule has 1 aromatic carbocycles. The van der Waals surface area contributed by atoms with Crippen LogP contribution in [0, 0.1) is 11.7 Å². The summed E-state index contributed by atoms with van der Waals surface area (Å²) in [4.78, 5) is 4.46. The first-order chi connectivity index (χ1) is 7.58. The zero-order valence-corrected chi connectivity index (χ0v) is 10.8. The number of hydrogen-bond donors (Lipinski definition) is 0. The van der Waals surface area contributed by atoms with E-state index in [2.05, 4.69) is 34.8 Å². The van der Waals surface area contributed by atoms with Gasteiger partial charge in [0.05, 0.1) is 11.6 Å². The Morgan fingerprint density at radius 1 is 1.50 bits per heavy atom. The molecule has 1 atom stereocenters. The minimum Gasteiger partial charge on any atom is -0.475 e. The van der Waals surface area contributed by atoms with Crippen molar-refractivity contribution in [2.75, 3.05) is 6.61 Å². The fraction of sp³-hybridized carbons (Fsp3) is 0.417. The Balaban J connectivity index is 2.32. The Morgan fingerprint density at radius 2 is 2.25 bits per heavy atom. The molecule has 0 unspecified atom stereocenters. The molecule has 1 aliphatic heterocycles. The van der Waals surface area contributed by atoms with Gasteiger partial charge in [0, 0.05) is 4.47 Å². The molecule has 0 bridgehead atoms. The first kappa shape index (κ1) is 11.6. The van der Waals surface area contributed by atoms with Crippen LogP contribution < -0.4 is 0 Å². The highest BCUT2D eigenvalue weighted by Gasteiger charge is 2.24. The molecule has 0 fully saturated rings. The fourth-order valence-corrected chi connectivity index (χ4v) is 1.96. The summed E-state index contributed by atoms with van der Waals surface area (Å²) in [5, 5.41) is 0. The van der Waals surface area contributed by atoms with E-state index in [-0.39, 0.29) is 11.9 Å². The molecule has 0 saturated carbocycles. The molecule has 0 N–H and O–H groups in total. The van der Waals surface area contributed by atoms with Crippen molar-refractivity contribution in [3.63, 3.8) is 0 Å². The van der Waals surface area contributed by atoms with Gasteiger partial charge in [-0.25, -0.2) is 9.38 Å². The van der Waals surface area contributed by atoms with E-state index >= 15 is 0 Å². The van der Waals surface area contributed by atoms with E-state index in [0.717, 1.165) is 4.47 Å². The summed E-state index contributed by atoms with van der Waals surface area (Å²) in [6, 6.07) is 4.68.